The molecule has 0 fully saturated rings. The van der Waals surface area contributed by atoms with E-state index in [1.807, 2.05) is 0 Å². The fourth-order valence-electron chi connectivity index (χ4n) is 0.0745. The van der Waals surface area contributed by atoms with Crippen LogP contribution < -0.4 is 0 Å². The number of rotatable bonds is 2. The van der Waals surface area contributed by atoms with Crippen LogP contribution in [0.1, 0.15) is 0 Å². The molecule has 1 unspecified atom stereocenters. The van der Waals surface area contributed by atoms with Crippen LogP contribution in [0.3, 0.4) is 0 Å². The van der Waals surface area contributed by atoms with Crippen molar-refractivity contribution in [1.29, 1.82) is 0 Å². The zero-order chi connectivity index (χ0) is 4.99. The number of aliphatic hydroxyl groups is 2. The van der Waals surface area contributed by atoms with E-state index in [-0.39, 0.29) is 17.6 Å². The van der Waals surface area contributed by atoms with Gasteiger partial charge in [-0.1, -0.05) is 0 Å². The van der Waals surface area contributed by atoms with Gasteiger partial charge >= 0.3 is 44.5 Å². The van der Waals surface area contributed by atoms with Gasteiger partial charge in [-0.2, -0.15) is 0 Å². The maximum absolute atomic E-state index is 8.40. The van der Waals surface area contributed by atoms with Crippen molar-refractivity contribution < 1.29 is 21.2 Å². The molecule has 48 valence electrons. The van der Waals surface area contributed by atoms with Gasteiger partial charge in [-0.05, 0) is 0 Å². The van der Waals surface area contributed by atoms with Gasteiger partial charge in [-0.15, -0.1) is 0 Å². The standard InChI is InChI=1S/C3H7O2.Al.2H2O/c1-3(5)2-4;;;/h3-5H,1-2H2;;2*1H2/q;+2;;/p-2. The molecule has 4 N–H and O–H groups in total. The average molecular weight is 136 g/mol. The van der Waals surface area contributed by atoms with Crippen molar-refractivity contribution in [3.63, 3.8) is 0 Å². The monoisotopic (exact) mass is 136 g/mol. The maximum Gasteiger partial charge on any atom is -0.870 e. The molecule has 0 aliphatic carbocycles. The molecular weight excluding hydrogens is 127 g/mol. The molecule has 0 saturated heterocycles. The van der Waals surface area contributed by atoms with Crippen molar-refractivity contribution >= 4 is 16.3 Å². The molecule has 0 spiro atoms. The van der Waals surface area contributed by atoms with E-state index in [1.165, 1.54) is 0 Å². The second kappa shape index (κ2) is 10.4. The summed E-state index contributed by atoms with van der Waals surface area (Å²) in [5, 5.41) is 17.0. The minimum absolute atomic E-state index is 0. The Kier molecular flexibility index (Phi) is 20.4. The molecule has 0 aromatic heterocycles. The van der Waals surface area contributed by atoms with Crippen molar-refractivity contribution in [2.45, 2.75) is 11.4 Å². The van der Waals surface area contributed by atoms with E-state index < -0.39 is 6.10 Å². The van der Waals surface area contributed by atoms with Crippen LogP contribution in [0, 0.1) is 0 Å². The second-order valence-corrected chi connectivity index (χ2v) is 1.54. The van der Waals surface area contributed by atoms with Crippen molar-refractivity contribution in [3.05, 3.63) is 0 Å². The smallest absolute Gasteiger partial charge is 0.870 e. The van der Waals surface area contributed by atoms with Crippen molar-refractivity contribution in [2.75, 3.05) is 6.61 Å². The van der Waals surface area contributed by atoms with Gasteiger partial charge in [0.2, 0.25) is 0 Å². The fourth-order valence-corrected chi connectivity index (χ4v) is 0.224. The Hall–Kier alpha value is 0.372. The Balaban J connectivity index is -0.000000125. The third kappa shape index (κ3) is 9.62. The molecule has 0 aliphatic heterocycles. The summed E-state index contributed by atoms with van der Waals surface area (Å²) in [6.45, 7) is -0.135. The summed E-state index contributed by atoms with van der Waals surface area (Å²) in [4.78, 5) is 0. The Morgan fingerprint density at radius 3 is 1.75 bits per heavy atom. The van der Waals surface area contributed by atoms with Crippen LogP contribution in [-0.4, -0.2) is 50.2 Å². The summed E-state index contributed by atoms with van der Waals surface area (Å²) in [5.74, 6) is 0. The third-order valence-corrected chi connectivity index (χ3v) is 1.03. The summed E-state index contributed by atoms with van der Waals surface area (Å²) in [7, 11) is 0. The van der Waals surface area contributed by atoms with Gasteiger partial charge in [0.25, 0.3) is 0 Å². The molecule has 0 amide bonds. The Labute approximate surface area is 56.2 Å². The molecule has 0 bridgehead atoms. The van der Waals surface area contributed by atoms with Gasteiger partial charge in [0.05, 0.1) is 0 Å². The predicted octanol–water partition coefficient (Wildman–Crippen LogP) is -1.43. The molecule has 0 aliphatic rings. The van der Waals surface area contributed by atoms with Crippen LogP contribution in [0.15, 0.2) is 0 Å². The fraction of sp³-hybridized carbons (Fsp3) is 1.00. The van der Waals surface area contributed by atoms with Crippen LogP contribution in [-0.2, 0) is 0 Å². The molecule has 8 heavy (non-hydrogen) atoms. The first-order valence-corrected chi connectivity index (χ1v) is 2.62. The molecule has 5 heteroatoms. The topological polar surface area (TPSA) is 100 Å². The molecule has 4 nitrogen and oxygen atoms in total. The minimum atomic E-state index is -0.546. The zero-order valence-corrected chi connectivity index (χ0v) is 5.51. The van der Waals surface area contributed by atoms with E-state index in [0.29, 0.717) is 5.28 Å². The zero-order valence-electron chi connectivity index (χ0n) is 4.36. The van der Waals surface area contributed by atoms with E-state index in [1.54, 1.807) is 0 Å². The first-order chi connectivity index (χ1) is 2.81. The van der Waals surface area contributed by atoms with Gasteiger partial charge in [0.1, 0.15) is 0 Å². The van der Waals surface area contributed by atoms with Crippen LogP contribution in [0.2, 0.25) is 5.28 Å². The number of aliphatic hydroxyl groups excluding tert-OH is 2. The van der Waals surface area contributed by atoms with Gasteiger partial charge in [0, 0.05) is 0 Å². The minimum Gasteiger partial charge on any atom is -0.870 e. The van der Waals surface area contributed by atoms with Crippen LogP contribution in [0.25, 0.3) is 0 Å². The first-order valence-electron chi connectivity index (χ1n) is 1.80. The SMILES string of the molecule is OCC(O)[CH2][Al+2].[OH-].[OH-]. The molecule has 0 saturated carbocycles. The summed E-state index contributed by atoms with van der Waals surface area (Å²) in [5.41, 5.74) is 0. The summed E-state index contributed by atoms with van der Waals surface area (Å²) < 4.78 is 0. The molecular formula is C3H9AlO4. The maximum atomic E-state index is 8.40. The van der Waals surface area contributed by atoms with Crippen molar-refractivity contribution in [2.24, 2.45) is 0 Å². The Bertz CT molecular complexity index is 30.5. The summed E-state index contributed by atoms with van der Waals surface area (Å²) in [6.07, 6.45) is -0.546. The molecule has 0 aromatic rings. The van der Waals surface area contributed by atoms with E-state index in [0.717, 1.165) is 0 Å². The Morgan fingerprint density at radius 2 is 1.75 bits per heavy atom. The van der Waals surface area contributed by atoms with Crippen LogP contribution in [0.4, 0.5) is 0 Å². The van der Waals surface area contributed by atoms with Gasteiger partial charge in [-0.25, -0.2) is 0 Å². The van der Waals surface area contributed by atoms with E-state index in [9.17, 15) is 0 Å². The van der Waals surface area contributed by atoms with Gasteiger partial charge in [0.15, 0.2) is 0 Å². The quantitative estimate of drug-likeness (QED) is 0.454. The molecule has 1 atom stereocenters. The summed E-state index contributed by atoms with van der Waals surface area (Å²) >= 11 is 2.33. The first kappa shape index (κ1) is 15.8. The van der Waals surface area contributed by atoms with Crippen LogP contribution in [0.5, 0.6) is 0 Å². The number of hydrogen-bond acceptors (Lipinski definition) is 4. The van der Waals surface area contributed by atoms with Crippen LogP contribution >= 0.6 is 0 Å². The normalized spacial score (nSPS) is 11.0. The van der Waals surface area contributed by atoms with Crippen molar-refractivity contribution in [1.82, 2.24) is 0 Å². The third-order valence-electron chi connectivity index (χ3n) is 0.483. The largest absolute Gasteiger partial charge is 0.870 e. The van der Waals surface area contributed by atoms with Gasteiger partial charge < -0.3 is 11.0 Å². The molecule has 0 radical (unpaired) electrons. The predicted molar refractivity (Wildman–Crippen MR) is 27.5 cm³/mol. The summed E-state index contributed by atoms with van der Waals surface area (Å²) in [6, 6.07) is 0. The molecule has 0 rings (SSSR count). The molecule has 0 aromatic carbocycles. The second-order valence-electron chi connectivity index (χ2n) is 1.07. The molecule has 0 heterocycles. The van der Waals surface area contributed by atoms with E-state index >= 15 is 0 Å². The van der Waals surface area contributed by atoms with E-state index in [4.69, 9.17) is 10.2 Å². The number of hydrogen-bond donors (Lipinski definition) is 2. The Morgan fingerprint density at radius 1 is 1.38 bits per heavy atom. The average Bonchev–Trinajstić information content (AvgIpc) is 1.65. The van der Waals surface area contributed by atoms with Crippen molar-refractivity contribution in [3.8, 4) is 0 Å². The van der Waals surface area contributed by atoms with E-state index in [2.05, 4.69) is 16.3 Å². The van der Waals surface area contributed by atoms with Gasteiger partial charge in [-0.3, -0.25) is 0 Å².